The van der Waals surface area contributed by atoms with Gasteiger partial charge >= 0.3 is 0 Å². The lowest BCUT2D eigenvalue weighted by molar-refractivity contribution is 0.111. The summed E-state index contributed by atoms with van der Waals surface area (Å²) in [6.07, 6.45) is -0.0139. The van der Waals surface area contributed by atoms with Crippen molar-refractivity contribution >= 4 is 0 Å². The van der Waals surface area contributed by atoms with Crippen molar-refractivity contribution in [3.8, 4) is 0 Å². The molecule has 2 unspecified atom stereocenters. The largest absolute Gasteiger partial charge is 0.393 e. The summed E-state index contributed by atoms with van der Waals surface area (Å²) in [4.78, 5) is 2.05. The fourth-order valence-corrected chi connectivity index (χ4v) is 1.85. The van der Waals surface area contributed by atoms with E-state index in [-0.39, 0.29) is 6.10 Å². The molecule has 1 aromatic carbocycles. The van der Waals surface area contributed by atoms with Crippen LogP contribution < -0.4 is 0 Å². The van der Waals surface area contributed by atoms with Crippen LogP contribution in [0.5, 0.6) is 0 Å². The molecule has 0 heterocycles. The molecule has 0 aliphatic heterocycles. The molecule has 1 aromatic rings. The first kappa shape index (κ1) is 14.2. The smallest absolute Gasteiger partial charge is 0.0919 e. The molecule has 2 atom stereocenters. The molecule has 0 aliphatic rings. The van der Waals surface area contributed by atoms with Gasteiger partial charge in [0.25, 0.3) is 0 Å². The van der Waals surface area contributed by atoms with Gasteiger partial charge in [0, 0.05) is 13.1 Å². The summed E-state index contributed by atoms with van der Waals surface area (Å²) in [7, 11) is 1.96. The minimum absolute atomic E-state index is 0.284. The van der Waals surface area contributed by atoms with Crippen molar-refractivity contribution in [2.45, 2.75) is 32.5 Å². The van der Waals surface area contributed by atoms with Crippen molar-refractivity contribution in [3.05, 3.63) is 35.4 Å². The Balaban J connectivity index is 2.49. The Labute approximate surface area is 104 Å². The number of aliphatic hydroxyl groups excluding tert-OH is 2. The molecule has 17 heavy (non-hydrogen) atoms. The SMILES string of the molecule is Cc1ccccc1C(O)CN(C)CCC(C)O. The summed E-state index contributed by atoms with van der Waals surface area (Å²) >= 11 is 0. The first-order chi connectivity index (χ1) is 8.00. The molecule has 0 fully saturated rings. The van der Waals surface area contributed by atoms with Crippen LogP contribution in [0.15, 0.2) is 24.3 Å². The van der Waals surface area contributed by atoms with Crippen LogP contribution in [0.1, 0.15) is 30.6 Å². The second kappa shape index (κ2) is 6.74. The van der Waals surface area contributed by atoms with Crippen LogP contribution in [0.25, 0.3) is 0 Å². The van der Waals surface area contributed by atoms with Gasteiger partial charge in [-0.15, -0.1) is 0 Å². The standard InChI is InChI=1S/C14H23NO2/c1-11-6-4-5-7-13(11)14(17)10-15(3)9-8-12(2)16/h4-7,12,14,16-17H,8-10H2,1-3H3. The Morgan fingerprint density at radius 1 is 1.24 bits per heavy atom. The molecular formula is C14H23NO2. The van der Waals surface area contributed by atoms with Gasteiger partial charge in [0.2, 0.25) is 0 Å². The quantitative estimate of drug-likeness (QED) is 0.792. The minimum atomic E-state index is -0.463. The maximum absolute atomic E-state index is 10.1. The summed E-state index contributed by atoms with van der Waals surface area (Å²) in [5.41, 5.74) is 2.10. The lowest BCUT2D eigenvalue weighted by Gasteiger charge is -2.22. The Morgan fingerprint density at radius 3 is 2.47 bits per heavy atom. The number of rotatable bonds is 6. The average molecular weight is 237 g/mol. The first-order valence-corrected chi connectivity index (χ1v) is 6.11. The number of aryl methyl sites for hydroxylation is 1. The molecule has 0 bridgehead atoms. The zero-order chi connectivity index (χ0) is 12.8. The van der Waals surface area contributed by atoms with Crippen molar-refractivity contribution in [1.29, 1.82) is 0 Å². The van der Waals surface area contributed by atoms with E-state index in [9.17, 15) is 10.2 Å². The number of hydrogen-bond acceptors (Lipinski definition) is 3. The van der Waals surface area contributed by atoms with E-state index in [1.165, 1.54) is 0 Å². The normalized spacial score (nSPS) is 14.9. The fraction of sp³-hybridized carbons (Fsp3) is 0.571. The van der Waals surface area contributed by atoms with E-state index in [2.05, 4.69) is 0 Å². The topological polar surface area (TPSA) is 43.7 Å². The zero-order valence-electron chi connectivity index (χ0n) is 10.9. The molecule has 0 aromatic heterocycles. The van der Waals surface area contributed by atoms with Gasteiger partial charge in [0.05, 0.1) is 12.2 Å². The van der Waals surface area contributed by atoms with Gasteiger partial charge in [-0.25, -0.2) is 0 Å². The van der Waals surface area contributed by atoms with Crippen LogP contribution in [0.4, 0.5) is 0 Å². The Morgan fingerprint density at radius 2 is 1.88 bits per heavy atom. The van der Waals surface area contributed by atoms with E-state index < -0.39 is 6.10 Å². The van der Waals surface area contributed by atoms with E-state index in [0.29, 0.717) is 6.54 Å². The van der Waals surface area contributed by atoms with Gasteiger partial charge in [-0.05, 0) is 38.4 Å². The maximum Gasteiger partial charge on any atom is 0.0919 e. The predicted octanol–water partition coefficient (Wildman–Crippen LogP) is 1.73. The molecule has 96 valence electrons. The number of nitrogens with zero attached hydrogens (tertiary/aromatic N) is 1. The summed E-state index contributed by atoms with van der Waals surface area (Å²) in [6, 6.07) is 7.89. The van der Waals surface area contributed by atoms with Gasteiger partial charge in [-0.3, -0.25) is 0 Å². The molecule has 0 spiro atoms. The summed E-state index contributed by atoms with van der Waals surface area (Å²) < 4.78 is 0. The Bertz CT molecular complexity index is 339. The monoisotopic (exact) mass is 237 g/mol. The number of hydrogen-bond donors (Lipinski definition) is 2. The van der Waals surface area contributed by atoms with Crippen molar-refractivity contribution in [2.75, 3.05) is 20.1 Å². The van der Waals surface area contributed by atoms with Crippen LogP contribution in [0.2, 0.25) is 0 Å². The molecule has 0 amide bonds. The van der Waals surface area contributed by atoms with Crippen LogP contribution in [-0.2, 0) is 0 Å². The van der Waals surface area contributed by atoms with Crippen LogP contribution in [0, 0.1) is 6.92 Å². The highest BCUT2D eigenvalue weighted by atomic mass is 16.3. The van der Waals surface area contributed by atoms with Crippen LogP contribution in [-0.4, -0.2) is 41.4 Å². The highest BCUT2D eigenvalue weighted by Gasteiger charge is 2.12. The minimum Gasteiger partial charge on any atom is -0.393 e. The number of benzene rings is 1. The van der Waals surface area contributed by atoms with Gasteiger partial charge in [-0.2, -0.15) is 0 Å². The maximum atomic E-state index is 10.1. The van der Waals surface area contributed by atoms with E-state index in [1.54, 1.807) is 6.92 Å². The molecule has 0 saturated carbocycles. The highest BCUT2D eigenvalue weighted by Crippen LogP contribution is 2.17. The van der Waals surface area contributed by atoms with E-state index >= 15 is 0 Å². The lowest BCUT2D eigenvalue weighted by atomic mass is 10.0. The van der Waals surface area contributed by atoms with Gasteiger partial charge < -0.3 is 15.1 Å². The van der Waals surface area contributed by atoms with Gasteiger partial charge in [0.15, 0.2) is 0 Å². The van der Waals surface area contributed by atoms with E-state index in [1.807, 2.05) is 43.1 Å². The second-order valence-electron chi connectivity index (χ2n) is 4.77. The van der Waals surface area contributed by atoms with Gasteiger partial charge in [-0.1, -0.05) is 24.3 Å². The molecule has 3 heteroatoms. The summed E-state index contributed by atoms with van der Waals surface area (Å²) in [6.45, 7) is 5.18. The molecule has 0 saturated heterocycles. The summed E-state index contributed by atoms with van der Waals surface area (Å²) in [5.74, 6) is 0. The van der Waals surface area contributed by atoms with Crippen molar-refractivity contribution in [3.63, 3.8) is 0 Å². The number of likely N-dealkylation sites (N-methyl/N-ethyl adjacent to an activating group) is 1. The molecular weight excluding hydrogens is 214 g/mol. The van der Waals surface area contributed by atoms with Crippen LogP contribution in [0.3, 0.4) is 0 Å². The van der Waals surface area contributed by atoms with Crippen LogP contribution >= 0.6 is 0 Å². The second-order valence-corrected chi connectivity index (χ2v) is 4.77. The van der Waals surface area contributed by atoms with E-state index in [0.717, 1.165) is 24.1 Å². The fourth-order valence-electron chi connectivity index (χ4n) is 1.85. The molecule has 2 N–H and O–H groups in total. The third kappa shape index (κ3) is 4.86. The van der Waals surface area contributed by atoms with Gasteiger partial charge in [0.1, 0.15) is 0 Å². The molecule has 0 radical (unpaired) electrons. The third-order valence-electron chi connectivity index (χ3n) is 2.96. The zero-order valence-corrected chi connectivity index (χ0v) is 10.9. The van der Waals surface area contributed by atoms with Crippen molar-refractivity contribution in [2.24, 2.45) is 0 Å². The number of aliphatic hydroxyl groups is 2. The summed E-state index contributed by atoms with van der Waals surface area (Å²) in [5, 5.41) is 19.3. The Kier molecular flexibility index (Phi) is 5.62. The Hall–Kier alpha value is -0.900. The van der Waals surface area contributed by atoms with E-state index in [4.69, 9.17) is 0 Å². The highest BCUT2D eigenvalue weighted by molar-refractivity contribution is 5.27. The molecule has 3 nitrogen and oxygen atoms in total. The third-order valence-corrected chi connectivity index (χ3v) is 2.96. The van der Waals surface area contributed by atoms with Crippen molar-refractivity contribution < 1.29 is 10.2 Å². The molecule has 1 rings (SSSR count). The lowest BCUT2D eigenvalue weighted by Crippen LogP contribution is -2.27. The molecule has 0 aliphatic carbocycles. The van der Waals surface area contributed by atoms with Crippen molar-refractivity contribution in [1.82, 2.24) is 4.90 Å². The predicted molar refractivity (Wildman–Crippen MR) is 69.9 cm³/mol. The average Bonchev–Trinajstić information content (AvgIpc) is 2.26. The first-order valence-electron chi connectivity index (χ1n) is 6.11.